The van der Waals surface area contributed by atoms with Crippen LogP contribution >= 0.6 is 0 Å². The molecule has 1 aromatic carbocycles. The fourth-order valence-corrected chi connectivity index (χ4v) is 2.15. The fraction of sp³-hybridized carbons (Fsp3) is 0.267. The summed E-state index contributed by atoms with van der Waals surface area (Å²) in [6.45, 7) is 3.91. The van der Waals surface area contributed by atoms with Crippen molar-refractivity contribution < 1.29 is 18.8 Å². The molecule has 1 N–H and O–H groups in total. The average Bonchev–Trinajstić information content (AvgIpc) is 3.17. The maximum absolute atomic E-state index is 12.0. The Balaban J connectivity index is 1.61. The highest BCUT2D eigenvalue weighted by Crippen LogP contribution is 2.14. The molecule has 0 unspecified atom stereocenters. The Morgan fingerprint density at radius 2 is 2.17 bits per heavy atom. The minimum Gasteiger partial charge on any atom is -0.452 e. The zero-order chi connectivity index (χ0) is 17.1. The Morgan fingerprint density at radius 1 is 1.33 bits per heavy atom. The lowest BCUT2D eigenvalue weighted by molar-refractivity contribution is -0.119. The number of benzene rings is 1. The van der Waals surface area contributed by atoms with Gasteiger partial charge in [0.25, 0.3) is 5.91 Å². The van der Waals surface area contributed by atoms with Gasteiger partial charge in [-0.2, -0.15) is 0 Å². The molecular formula is C15H15N5O4. The van der Waals surface area contributed by atoms with Crippen molar-refractivity contribution in [1.82, 2.24) is 20.2 Å². The molecule has 0 atom stereocenters. The molecule has 9 heteroatoms. The molecule has 2 heterocycles. The van der Waals surface area contributed by atoms with Crippen molar-refractivity contribution in [1.29, 1.82) is 0 Å². The number of nitrogens with one attached hydrogen (secondary N) is 1. The Labute approximate surface area is 136 Å². The van der Waals surface area contributed by atoms with Gasteiger partial charge in [-0.15, -0.1) is 5.10 Å². The van der Waals surface area contributed by atoms with Crippen LogP contribution in [0.1, 0.15) is 23.0 Å². The Hall–Kier alpha value is -3.23. The lowest BCUT2D eigenvalue weighted by Gasteiger charge is -2.04. The zero-order valence-corrected chi connectivity index (χ0v) is 13.1. The maximum atomic E-state index is 12.0. The predicted molar refractivity (Wildman–Crippen MR) is 83.4 cm³/mol. The summed E-state index contributed by atoms with van der Waals surface area (Å²) in [4.78, 5) is 23.8. The molecule has 3 aromatic rings. The van der Waals surface area contributed by atoms with E-state index >= 15 is 0 Å². The molecule has 0 saturated heterocycles. The first-order valence-electron chi connectivity index (χ1n) is 7.30. The lowest BCUT2D eigenvalue weighted by atomic mass is 10.2. The monoisotopic (exact) mass is 329 g/mol. The molecule has 0 saturated carbocycles. The summed E-state index contributed by atoms with van der Waals surface area (Å²) in [7, 11) is 0. The maximum Gasteiger partial charge on any atom is 0.338 e. The van der Waals surface area contributed by atoms with Gasteiger partial charge in [0.1, 0.15) is 11.3 Å². The number of ether oxygens (including phenoxy) is 1. The molecule has 0 bridgehead atoms. The summed E-state index contributed by atoms with van der Waals surface area (Å²) in [6.07, 6.45) is 0. The number of hydrogen-bond donors (Lipinski definition) is 1. The topological polar surface area (TPSA) is 112 Å². The highest BCUT2D eigenvalue weighted by molar-refractivity contribution is 5.96. The summed E-state index contributed by atoms with van der Waals surface area (Å²) in [5.74, 6) is -0.286. The normalized spacial score (nSPS) is 10.8. The third kappa shape index (κ3) is 3.24. The summed E-state index contributed by atoms with van der Waals surface area (Å²) in [6, 6.07) is 6.49. The van der Waals surface area contributed by atoms with E-state index in [1.807, 2.05) is 6.92 Å². The van der Waals surface area contributed by atoms with Gasteiger partial charge in [-0.25, -0.2) is 9.48 Å². The number of carbonyl (C=O) groups excluding carboxylic acids is 2. The smallest absolute Gasteiger partial charge is 0.338 e. The van der Waals surface area contributed by atoms with Crippen LogP contribution in [-0.4, -0.2) is 38.6 Å². The van der Waals surface area contributed by atoms with Gasteiger partial charge in [0, 0.05) is 12.6 Å². The minimum absolute atomic E-state index is 0.270. The van der Waals surface area contributed by atoms with Crippen LogP contribution in [0.5, 0.6) is 0 Å². The Bertz CT molecular complexity index is 898. The highest BCUT2D eigenvalue weighted by atomic mass is 16.5. The van der Waals surface area contributed by atoms with Crippen molar-refractivity contribution >= 4 is 28.7 Å². The first kappa shape index (κ1) is 15.7. The predicted octanol–water partition coefficient (Wildman–Crippen LogP) is 1.54. The largest absolute Gasteiger partial charge is 0.452 e. The molecule has 0 aliphatic carbocycles. The van der Waals surface area contributed by atoms with Gasteiger partial charge in [-0.1, -0.05) is 10.4 Å². The molecule has 1 amide bonds. The number of esters is 1. The molecule has 0 radical (unpaired) electrons. The van der Waals surface area contributed by atoms with E-state index < -0.39 is 18.5 Å². The van der Waals surface area contributed by atoms with E-state index in [2.05, 4.69) is 20.8 Å². The fourth-order valence-electron chi connectivity index (χ4n) is 2.15. The van der Waals surface area contributed by atoms with Crippen molar-refractivity contribution in [2.45, 2.75) is 20.4 Å². The molecule has 0 aliphatic heterocycles. The zero-order valence-electron chi connectivity index (χ0n) is 13.1. The van der Waals surface area contributed by atoms with Crippen LogP contribution in [0.4, 0.5) is 5.82 Å². The molecule has 0 aliphatic rings. The van der Waals surface area contributed by atoms with E-state index in [1.54, 1.807) is 35.9 Å². The van der Waals surface area contributed by atoms with Crippen LogP contribution in [0.15, 0.2) is 28.8 Å². The van der Waals surface area contributed by atoms with Crippen LogP contribution in [0.3, 0.4) is 0 Å². The van der Waals surface area contributed by atoms with Gasteiger partial charge in [-0.3, -0.25) is 4.79 Å². The number of amides is 1. The summed E-state index contributed by atoms with van der Waals surface area (Å²) >= 11 is 0. The number of nitrogens with zero attached hydrogens (tertiary/aromatic N) is 4. The van der Waals surface area contributed by atoms with Gasteiger partial charge in [0.05, 0.1) is 11.1 Å². The molecular weight excluding hydrogens is 314 g/mol. The number of aromatic nitrogens is 4. The molecule has 0 fully saturated rings. The molecule has 9 nitrogen and oxygen atoms in total. The second-order valence-corrected chi connectivity index (χ2v) is 5.06. The van der Waals surface area contributed by atoms with Gasteiger partial charge < -0.3 is 14.6 Å². The SMILES string of the molecule is CCn1nnc2cc(C(=O)OCC(=O)Nc3cc(C)on3)ccc21. The molecule has 24 heavy (non-hydrogen) atoms. The van der Waals surface area contributed by atoms with Crippen LogP contribution in [-0.2, 0) is 16.1 Å². The molecule has 2 aromatic heterocycles. The van der Waals surface area contributed by atoms with Gasteiger partial charge in [0.2, 0.25) is 0 Å². The van der Waals surface area contributed by atoms with Gasteiger partial charge >= 0.3 is 5.97 Å². The number of fused-ring (bicyclic) bond motifs is 1. The third-order valence-corrected chi connectivity index (χ3v) is 3.28. The first-order valence-corrected chi connectivity index (χ1v) is 7.30. The molecule has 124 valence electrons. The van der Waals surface area contributed by atoms with Crippen LogP contribution in [0.25, 0.3) is 11.0 Å². The van der Waals surface area contributed by atoms with Gasteiger partial charge in [0.15, 0.2) is 12.4 Å². The second-order valence-electron chi connectivity index (χ2n) is 5.06. The summed E-state index contributed by atoms with van der Waals surface area (Å²) < 4.78 is 11.5. The van der Waals surface area contributed by atoms with Crippen LogP contribution in [0, 0.1) is 6.92 Å². The van der Waals surface area contributed by atoms with Gasteiger partial charge in [-0.05, 0) is 32.0 Å². The van der Waals surface area contributed by atoms with Crippen molar-refractivity contribution in [3.8, 4) is 0 Å². The van der Waals surface area contributed by atoms with E-state index in [4.69, 9.17) is 9.26 Å². The summed E-state index contributed by atoms with van der Waals surface area (Å²) in [5, 5.41) is 14.0. The van der Waals surface area contributed by atoms with E-state index in [1.165, 1.54) is 0 Å². The quantitative estimate of drug-likeness (QED) is 0.706. The van der Waals surface area contributed by atoms with E-state index in [0.29, 0.717) is 23.4 Å². The van der Waals surface area contributed by atoms with Crippen molar-refractivity contribution in [2.75, 3.05) is 11.9 Å². The van der Waals surface area contributed by atoms with E-state index in [-0.39, 0.29) is 5.82 Å². The van der Waals surface area contributed by atoms with E-state index in [9.17, 15) is 9.59 Å². The van der Waals surface area contributed by atoms with Crippen LogP contribution < -0.4 is 5.32 Å². The Morgan fingerprint density at radius 3 is 2.88 bits per heavy atom. The number of hydrogen-bond acceptors (Lipinski definition) is 7. The molecule has 3 rings (SSSR count). The molecule has 0 spiro atoms. The van der Waals surface area contributed by atoms with E-state index in [0.717, 1.165) is 5.52 Å². The van der Waals surface area contributed by atoms with Crippen molar-refractivity contribution in [3.05, 3.63) is 35.6 Å². The van der Waals surface area contributed by atoms with Crippen molar-refractivity contribution in [3.63, 3.8) is 0 Å². The number of anilines is 1. The second kappa shape index (κ2) is 6.49. The average molecular weight is 329 g/mol. The highest BCUT2D eigenvalue weighted by Gasteiger charge is 2.13. The first-order chi connectivity index (χ1) is 11.6. The standard InChI is InChI=1S/C15H15N5O4/c1-3-20-12-5-4-10(7-11(12)17-19-20)15(22)23-8-14(21)16-13-6-9(2)24-18-13/h4-7H,3,8H2,1-2H3,(H,16,18,21). The summed E-state index contributed by atoms with van der Waals surface area (Å²) in [5.41, 5.74) is 1.72. The number of rotatable bonds is 5. The van der Waals surface area contributed by atoms with Crippen LogP contribution in [0.2, 0.25) is 0 Å². The minimum atomic E-state index is -0.616. The third-order valence-electron chi connectivity index (χ3n) is 3.28. The number of carbonyl (C=O) groups is 2. The Kier molecular flexibility index (Phi) is 4.23. The lowest BCUT2D eigenvalue weighted by Crippen LogP contribution is -2.21. The van der Waals surface area contributed by atoms with Crippen molar-refractivity contribution in [2.24, 2.45) is 0 Å². The number of aryl methyl sites for hydroxylation is 2.